The maximum absolute atomic E-state index is 12.3. The normalized spacial score (nSPS) is 12.9. The van der Waals surface area contributed by atoms with Crippen molar-refractivity contribution < 1.29 is 14.3 Å². The summed E-state index contributed by atoms with van der Waals surface area (Å²) in [5, 5.41) is 5.89. The lowest BCUT2D eigenvalue weighted by atomic mass is 10.1. The molecule has 0 bridgehead atoms. The van der Waals surface area contributed by atoms with Gasteiger partial charge in [-0.05, 0) is 42.8 Å². The Kier molecular flexibility index (Phi) is 3.73. The molecule has 0 saturated carbocycles. The van der Waals surface area contributed by atoms with Crippen LogP contribution in [0.4, 0.5) is 11.4 Å². The van der Waals surface area contributed by atoms with E-state index in [4.69, 9.17) is 16.3 Å². The van der Waals surface area contributed by atoms with E-state index in [-0.39, 0.29) is 18.4 Å². The van der Waals surface area contributed by atoms with Gasteiger partial charge in [0.05, 0.1) is 16.4 Å². The summed E-state index contributed by atoms with van der Waals surface area (Å²) in [6.07, 6.45) is 0. The molecule has 2 aromatic carbocycles. The summed E-state index contributed by atoms with van der Waals surface area (Å²) in [5.41, 5.74) is 2.44. The standard InChI is InChI=1S/C16H13ClN2O3/c1-9-2-4-12(11(17)6-9)19-16(21)10-3-5-14-13(7-10)18-15(20)8-22-14/h2-7H,8H2,1H3,(H,18,20)(H,19,21). The van der Waals surface area contributed by atoms with Gasteiger partial charge in [0.2, 0.25) is 0 Å². The first-order chi connectivity index (χ1) is 10.5. The van der Waals surface area contributed by atoms with Crippen LogP contribution in [0.5, 0.6) is 5.75 Å². The largest absolute Gasteiger partial charge is 0.482 e. The number of amides is 2. The molecule has 112 valence electrons. The van der Waals surface area contributed by atoms with E-state index in [1.54, 1.807) is 30.3 Å². The van der Waals surface area contributed by atoms with Crippen LogP contribution in [0.25, 0.3) is 0 Å². The van der Waals surface area contributed by atoms with Crippen LogP contribution in [-0.4, -0.2) is 18.4 Å². The fourth-order valence-corrected chi connectivity index (χ4v) is 2.42. The van der Waals surface area contributed by atoms with Crippen molar-refractivity contribution in [3.05, 3.63) is 52.5 Å². The van der Waals surface area contributed by atoms with Crippen molar-refractivity contribution in [3.63, 3.8) is 0 Å². The van der Waals surface area contributed by atoms with E-state index in [0.29, 0.717) is 27.7 Å². The second-order valence-electron chi connectivity index (χ2n) is 4.99. The average Bonchev–Trinajstić information content (AvgIpc) is 2.49. The first kappa shape index (κ1) is 14.4. The van der Waals surface area contributed by atoms with Gasteiger partial charge in [0, 0.05) is 5.56 Å². The van der Waals surface area contributed by atoms with Crippen molar-refractivity contribution >= 4 is 34.8 Å². The summed E-state index contributed by atoms with van der Waals surface area (Å²) >= 11 is 6.10. The molecular weight excluding hydrogens is 304 g/mol. The van der Waals surface area contributed by atoms with E-state index in [1.807, 2.05) is 13.0 Å². The van der Waals surface area contributed by atoms with Gasteiger partial charge in [-0.3, -0.25) is 9.59 Å². The molecule has 5 nitrogen and oxygen atoms in total. The van der Waals surface area contributed by atoms with Crippen LogP contribution in [-0.2, 0) is 4.79 Å². The molecule has 0 unspecified atom stereocenters. The Balaban J connectivity index is 1.83. The number of anilines is 2. The summed E-state index contributed by atoms with van der Waals surface area (Å²) in [7, 11) is 0. The maximum atomic E-state index is 12.3. The van der Waals surface area contributed by atoms with E-state index in [0.717, 1.165) is 5.56 Å². The Morgan fingerprint density at radius 1 is 1.27 bits per heavy atom. The van der Waals surface area contributed by atoms with E-state index in [9.17, 15) is 9.59 Å². The van der Waals surface area contributed by atoms with Crippen molar-refractivity contribution in [2.45, 2.75) is 6.92 Å². The molecule has 0 spiro atoms. The number of benzene rings is 2. The van der Waals surface area contributed by atoms with Crippen LogP contribution in [0.15, 0.2) is 36.4 Å². The minimum absolute atomic E-state index is 0.0164. The fourth-order valence-electron chi connectivity index (χ4n) is 2.14. The number of aryl methyl sites for hydroxylation is 1. The van der Waals surface area contributed by atoms with Crippen molar-refractivity contribution in [3.8, 4) is 5.75 Å². The van der Waals surface area contributed by atoms with Gasteiger partial charge in [-0.1, -0.05) is 17.7 Å². The van der Waals surface area contributed by atoms with Gasteiger partial charge in [-0.2, -0.15) is 0 Å². The lowest BCUT2D eigenvalue weighted by Crippen LogP contribution is -2.25. The van der Waals surface area contributed by atoms with Crippen molar-refractivity contribution in [1.82, 2.24) is 0 Å². The third kappa shape index (κ3) is 2.89. The summed E-state index contributed by atoms with van der Waals surface area (Å²) in [5.74, 6) is -0.00969. The lowest BCUT2D eigenvalue weighted by molar-refractivity contribution is -0.118. The molecule has 3 rings (SSSR count). The molecule has 0 saturated heterocycles. The predicted molar refractivity (Wildman–Crippen MR) is 84.7 cm³/mol. The molecule has 22 heavy (non-hydrogen) atoms. The fraction of sp³-hybridized carbons (Fsp3) is 0.125. The highest BCUT2D eigenvalue weighted by Crippen LogP contribution is 2.29. The van der Waals surface area contributed by atoms with Gasteiger partial charge in [0.1, 0.15) is 5.75 Å². The van der Waals surface area contributed by atoms with Crippen molar-refractivity contribution in [1.29, 1.82) is 0 Å². The van der Waals surface area contributed by atoms with Crippen LogP contribution in [0, 0.1) is 6.92 Å². The van der Waals surface area contributed by atoms with Gasteiger partial charge in [-0.25, -0.2) is 0 Å². The molecular formula is C16H13ClN2O3. The SMILES string of the molecule is Cc1ccc(NC(=O)c2ccc3c(c2)NC(=O)CO3)c(Cl)c1. The molecule has 2 amide bonds. The summed E-state index contributed by atoms with van der Waals surface area (Å²) in [6.45, 7) is 1.90. The molecule has 0 fully saturated rings. The molecule has 1 aliphatic rings. The number of ether oxygens (including phenoxy) is 1. The molecule has 0 radical (unpaired) electrons. The number of nitrogens with one attached hydrogen (secondary N) is 2. The van der Waals surface area contributed by atoms with E-state index in [2.05, 4.69) is 10.6 Å². The summed E-state index contributed by atoms with van der Waals surface area (Å²) in [6, 6.07) is 10.2. The molecule has 2 aromatic rings. The maximum Gasteiger partial charge on any atom is 0.262 e. The highest BCUT2D eigenvalue weighted by atomic mass is 35.5. The third-order valence-corrected chi connectivity index (χ3v) is 3.56. The monoisotopic (exact) mass is 316 g/mol. The lowest BCUT2D eigenvalue weighted by Gasteiger charge is -2.18. The van der Waals surface area contributed by atoms with Crippen LogP contribution in [0.1, 0.15) is 15.9 Å². The smallest absolute Gasteiger partial charge is 0.262 e. The molecule has 1 heterocycles. The highest BCUT2D eigenvalue weighted by molar-refractivity contribution is 6.34. The zero-order chi connectivity index (χ0) is 15.7. The Bertz CT molecular complexity index is 774. The molecule has 6 heteroatoms. The van der Waals surface area contributed by atoms with Crippen molar-refractivity contribution in [2.24, 2.45) is 0 Å². The zero-order valence-corrected chi connectivity index (χ0v) is 12.5. The van der Waals surface area contributed by atoms with E-state index >= 15 is 0 Å². The van der Waals surface area contributed by atoms with Crippen LogP contribution < -0.4 is 15.4 Å². The molecule has 1 aliphatic heterocycles. The first-order valence-corrected chi connectivity index (χ1v) is 7.05. The van der Waals surface area contributed by atoms with Crippen LogP contribution >= 0.6 is 11.6 Å². The number of halogens is 1. The van der Waals surface area contributed by atoms with Crippen LogP contribution in [0.3, 0.4) is 0 Å². The Labute approximate surface area is 132 Å². The number of carbonyl (C=O) groups excluding carboxylic acids is 2. The van der Waals surface area contributed by atoms with Gasteiger partial charge in [0.15, 0.2) is 6.61 Å². The second kappa shape index (κ2) is 5.69. The van der Waals surface area contributed by atoms with Crippen LogP contribution in [0.2, 0.25) is 5.02 Å². The number of rotatable bonds is 2. The van der Waals surface area contributed by atoms with E-state index < -0.39 is 0 Å². The topological polar surface area (TPSA) is 67.4 Å². The number of hydrogen-bond acceptors (Lipinski definition) is 3. The number of carbonyl (C=O) groups is 2. The number of hydrogen-bond donors (Lipinski definition) is 2. The zero-order valence-electron chi connectivity index (χ0n) is 11.8. The van der Waals surface area contributed by atoms with E-state index in [1.165, 1.54) is 0 Å². The van der Waals surface area contributed by atoms with Gasteiger partial charge in [0.25, 0.3) is 11.8 Å². The quantitative estimate of drug-likeness (QED) is 0.894. The van der Waals surface area contributed by atoms with Gasteiger partial charge < -0.3 is 15.4 Å². The minimum atomic E-state index is -0.312. The highest BCUT2D eigenvalue weighted by Gasteiger charge is 2.18. The summed E-state index contributed by atoms with van der Waals surface area (Å²) < 4.78 is 5.26. The number of fused-ring (bicyclic) bond motifs is 1. The average molecular weight is 317 g/mol. The summed E-state index contributed by atoms with van der Waals surface area (Å²) in [4.78, 5) is 23.6. The van der Waals surface area contributed by atoms with Gasteiger partial charge >= 0.3 is 0 Å². The molecule has 2 N–H and O–H groups in total. The third-order valence-electron chi connectivity index (χ3n) is 3.25. The Morgan fingerprint density at radius 2 is 2.09 bits per heavy atom. The first-order valence-electron chi connectivity index (χ1n) is 6.67. The predicted octanol–water partition coefficient (Wildman–Crippen LogP) is 3.23. The Morgan fingerprint density at radius 3 is 2.86 bits per heavy atom. The minimum Gasteiger partial charge on any atom is -0.482 e. The second-order valence-corrected chi connectivity index (χ2v) is 5.39. The Hall–Kier alpha value is -2.53. The molecule has 0 atom stereocenters. The van der Waals surface area contributed by atoms with Gasteiger partial charge in [-0.15, -0.1) is 0 Å². The molecule has 0 aliphatic carbocycles. The van der Waals surface area contributed by atoms with Crippen molar-refractivity contribution in [2.75, 3.05) is 17.2 Å². The molecule has 0 aromatic heterocycles.